The number of hydrogen-bond donors (Lipinski definition) is 0. The maximum atomic E-state index is 11.7. The highest BCUT2D eigenvalue weighted by Gasteiger charge is 2.20. The Bertz CT molecular complexity index is 647. The van der Waals surface area contributed by atoms with Crippen LogP contribution in [0.25, 0.3) is 0 Å². The van der Waals surface area contributed by atoms with Gasteiger partial charge in [-0.15, -0.1) is 0 Å². The zero-order valence-corrected chi connectivity index (χ0v) is 13.4. The van der Waals surface area contributed by atoms with E-state index in [0.717, 1.165) is 0 Å². The summed E-state index contributed by atoms with van der Waals surface area (Å²) in [5, 5.41) is -0.703. The molecule has 0 atom stereocenters. The first-order valence-electron chi connectivity index (χ1n) is 5.80. The summed E-state index contributed by atoms with van der Waals surface area (Å²) in [6.45, 7) is 5.20. The molecule has 0 aromatic carbocycles. The zero-order chi connectivity index (χ0) is 14.8. The van der Waals surface area contributed by atoms with Crippen LogP contribution in [0.5, 0.6) is 0 Å². The van der Waals surface area contributed by atoms with Crippen molar-refractivity contribution in [3.05, 3.63) is 12.0 Å². The molecule has 0 saturated carbocycles. The topological polar surface area (TPSA) is 86.1 Å². The van der Waals surface area contributed by atoms with Crippen LogP contribution in [0.15, 0.2) is 11.2 Å². The molecule has 1 rings (SSSR count). The van der Waals surface area contributed by atoms with E-state index in [1.165, 1.54) is 10.8 Å². The van der Waals surface area contributed by atoms with E-state index in [-0.39, 0.29) is 17.3 Å². The van der Waals surface area contributed by atoms with Crippen LogP contribution in [-0.4, -0.2) is 37.4 Å². The average molecular weight is 329 g/mol. The Balaban J connectivity index is 3.00. The quantitative estimate of drug-likeness (QED) is 0.732. The molecular weight excluding hydrogens is 312 g/mol. The van der Waals surface area contributed by atoms with Crippen LogP contribution in [0.3, 0.4) is 0 Å². The Hall–Kier alpha value is -0.600. The largest absolute Gasteiger partial charge is 0.332 e. The van der Waals surface area contributed by atoms with E-state index in [9.17, 15) is 16.8 Å². The van der Waals surface area contributed by atoms with Gasteiger partial charge in [-0.05, 0) is 13.8 Å². The second-order valence-corrected chi connectivity index (χ2v) is 9.59. The predicted octanol–water partition coefficient (Wildman–Crippen LogP) is 1.20. The van der Waals surface area contributed by atoms with Gasteiger partial charge in [-0.1, -0.05) is 6.92 Å². The molecule has 19 heavy (non-hydrogen) atoms. The van der Waals surface area contributed by atoms with Crippen LogP contribution in [0.4, 0.5) is 0 Å². The molecule has 0 radical (unpaired) electrons. The molecule has 0 bridgehead atoms. The van der Waals surface area contributed by atoms with Gasteiger partial charge in [0, 0.05) is 29.8 Å². The summed E-state index contributed by atoms with van der Waals surface area (Å²) >= 11 is 0. The molecule has 0 aliphatic carbocycles. The Morgan fingerprint density at radius 1 is 1.32 bits per heavy atom. The normalized spacial score (nSPS) is 13.1. The average Bonchev–Trinajstić information content (AvgIpc) is 2.69. The zero-order valence-electron chi connectivity index (χ0n) is 11.0. The number of rotatable bonds is 6. The fraction of sp³-hybridized carbons (Fsp3) is 0.700. The highest BCUT2D eigenvalue weighted by Crippen LogP contribution is 2.15. The first kappa shape index (κ1) is 16.5. The van der Waals surface area contributed by atoms with E-state index in [0.29, 0.717) is 12.2 Å². The van der Waals surface area contributed by atoms with Gasteiger partial charge in [-0.25, -0.2) is 21.8 Å². The third-order valence-corrected chi connectivity index (χ3v) is 6.10. The summed E-state index contributed by atoms with van der Waals surface area (Å²) in [5.74, 6) is 0.439. The molecule has 0 unspecified atom stereocenters. The smallest absolute Gasteiger partial charge is 0.280 e. The van der Waals surface area contributed by atoms with Gasteiger partial charge in [0.1, 0.15) is 5.82 Å². The fourth-order valence-electron chi connectivity index (χ4n) is 1.48. The second-order valence-electron chi connectivity index (χ2n) is 4.40. The third-order valence-electron chi connectivity index (χ3n) is 2.74. The first-order chi connectivity index (χ1) is 8.58. The maximum absolute atomic E-state index is 11.7. The molecule has 0 N–H and O–H groups in total. The van der Waals surface area contributed by atoms with Crippen molar-refractivity contribution in [2.45, 2.75) is 44.0 Å². The van der Waals surface area contributed by atoms with E-state index < -0.39 is 24.1 Å². The maximum Gasteiger partial charge on any atom is 0.280 e. The Kier molecular flexibility index (Phi) is 5.02. The number of aromatic nitrogens is 2. The van der Waals surface area contributed by atoms with Crippen molar-refractivity contribution in [2.24, 2.45) is 0 Å². The first-order valence-corrected chi connectivity index (χ1v) is 9.82. The molecule has 9 heteroatoms. The van der Waals surface area contributed by atoms with Gasteiger partial charge < -0.3 is 4.57 Å². The lowest BCUT2D eigenvalue weighted by Crippen LogP contribution is -2.21. The molecule has 0 aliphatic heterocycles. The van der Waals surface area contributed by atoms with Crippen molar-refractivity contribution in [1.82, 2.24) is 9.55 Å². The lowest BCUT2D eigenvalue weighted by atomic mass is 10.4. The third kappa shape index (κ3) is 4.19. The molecule has 1 aromatic heterocycles. The van der Waals surface area contributed by atoms with Crippen LogP contribution in [0.2, 0.25) is 0 Å². The summed E-state index contributed by atoms with van der Waals surface area (Å²) in [4.78, 5) is 3.89. The molecule has 0 amide bonds. The molecule has 1 aromatic rings. The Labute approximate surface area is 118 Å². The predicted molar refractivity (Wildman–Crippen MR) is 73.6 cm³/mol. The van der Waals surface area contributed by atoms with Crippen LogP contribution in [-0.2, 0) is 31.9 Å². The van der Waals surface area contributed by atoms with Gasteiger partial charge >= 0.3 is 0 Å². The van der Waals surface area contributed by atoms with Gasteiger partial charge in [-0.2, -0.15) is 0 Å². The van der Waals surface area contributed by atoms with Crippen molar-refractivity contribution in [2.75, 3.05) is 5.75 Å². The highest BCUT2D eigenvalue weighted by atomic mass is 35.7. The van der Waals surface area contributed by atoms with Gasteiger partial charge in [0.2, 0.25) is 0 Å². The summed E-state index contributed by atoms with van der Waals surface area (Å²) in [7, 11) is -1.85. The monoisotopic (exact) mass is 328 g/mol. The minimum Gasteiger partial charge on any atom is -0.332 e. The van der Waals surface area contributed by atoms with Gasteiger partial charge in [0.05, 0.1) is 11.0 Å². The molecule has 0 aliphatic rings. The Morgan fingerprint density at radius 2 is 1.89 bits per heavy atom. The molecule has 0 saturated heterocycles. The molecule has 0 fully saturated rings. The molecule has 0 spiro atoms. The van der Waals surface area contributed by atoms with Gasteiger partial charge in [-0.3, -0.25) is 0 Å². The molecular formula is C10H17ClN2O4S2. The summed E-state index contributed by atoms with van der Waals surface area (Å²) in [6.07, 6.45) is 1.77. The van der Waals surface area contributed by atoms with Crippen molar-refractivity contribution < 1.29 is 16.8 Å². The number of halogens is 1. The SMILES string of the molecule is CCc1nc(S(=O)(=O)Cl)cn1CCS(=O)(=O)C(C)C. The van der Waals surface area contributed by atoms with E-state index in [1.807, 2.05) is 0 Å². The van der Waals surface area contributed by atoms with E-state index in [1.54, 1.807) is 20.8 Å². The lowest BCUT2D eigenvalue weighted by Gasteiger charge is -2.09. The number of aryl methyl sites for hydroxylation is 2. The minimum absolute atomic E-state index is 0.0597. The van der Waals surface area contributed by atoms with Gasteiger partial charge in [0.25, 0.3) is 9.05 Å². The highest BCUT2D eigenvalue weighted by molar-refractivity contribution is 8.13. The van der Waals surface area contributed by atoms with Crippen molar-refractivity contribution >= 4 is 29.6 Å². The van der Waals surface area contributed by atoms with Crippen LogP contribution in [0.1, 0.15) is 26.6 Å². The molecule has 110 valence electrons. The van der Waals surface area contributed by atoms with Gasteiger partial charge in [0.15, 0.2) is 14.9 Å². The van der Waals surface area contributed by atoms with E-state index in [4.69, 9.17) is 10.7 Å². The van der Waals surface area contributed by atoms with Crippen molar-refractivity contribution in [1.29, 1.82) is 0 Å². The number of sulfone groups is 1. The summed E-state index contributed by atoms with van der Waals surface area (Å²) in [6, 6.07) is 0. The number of nitrogens with zero attached hydrogens (tertiary/aromatic N) is 2. The molecule has 6 nitrogen and oxygen atoms in total. The van der Waals surface area contributed by atoms with Crippen molar-refractivity contribution in [3.8, 4) is 0 Å². The summed E-state index contributed by atoms with van der Waals surface area (Å²) in [5.41, 5.74) is 0. The van der Waals surface area contributed by atoms with Crippen LogP contribution in [0, 0.1) is 0 Å². The standard InChI is InChI=1S/C10H17ClN2O4S2/c1-4-9-12-10(19(11,16)17)7-13(9)5-6-18(14,15)8(2)3/h7-8H,4-6H2,1-3H3. The van der Waals surface area contributed by atoms with Crippen LogP contribution >= 0.6 is 10.7 Å². The van der Waals surface area contributed by atoms with Crippen LogP contribution < -0.4 is 0 Å². The van der Waals surface area contributed by atoms with Crippen molar-refractivity contribution in [3.63, 3.8) is 0 Å². The number of imidazole rings is 1. The molecule has 1 heterocycles. The Morgan fingerprint density at radius 3 is 2.32 bits per heavy atom. The lowest BCUT2D eigenvalue weighted by molar-refractivity contribution is 0.578. The number of hydrogen-bond acceptors (Lipinski definition) is 5. The second kappa shape index (κ2) is 5.80. The van der Waals surface area contributed by atoms with E-state index >= 15 is 0 Å². The van der Waals surface area contributed by atoms with E-state index in [2.05, 4.69) is 4.98 Å². The summed E-state index contributed by atoms with van der Waals surface area (Å²) < 4.78 is 47.4. The minimum atomic E-state index is -3.89. The fourth-order valence-corrected chi connectivity index (χ4v) is 3.10.